The van der Waals surface area contributed by atoms with Crippen molar-refractivity contribution in [3.8, 4) is 5.75 Å². The number of furan rings is 2. The molecule has 2 unspecified atom stereocenters. The smallest absolute Gasteiger partial charge is 0.344 e. The Balaban J connectivity index is 0.000000445. The zero-order chi connectivity index (χ0) is 26.3. The normalized spacial score (nSPS) is 13.0. The van der Waals surface area contributed by atoms with Crippen LogP contribution >= 0.6 is 11.6 Å². The quantitative estimate of drug-likeness (QED) is 0.190. The van der Waals surface area contributed by atoms with Crippen LogP contribution in [-0.2, 0) is 29.2 Å². The summed E-state index contributed by atoms with van der Waals surface area (Å²) in [4.78, 5) is 34.7. The van der Waals surface area contributed by atoms with E-state index in [0.29, 0.717) is 5.02 Å². The van der Waals surface area contributed by atoms with Gasteiger partial charge in [-0.05, 0) is 24.3 Å². The van der Waals surface area contributed by atoms with Crippen LogP contribution in [0.2, 0.25) is 5.02 Å². The van der Waals surface area contributed by atoms with E-state index in [1.807, 2.05) is 12.1 Å². The van der Waals surface area contributed by atoms with Crippen molar-refractivity contribution >= 4 is 50.8 Å². The summed E-state index contributed by atoms with van der Waals surface area (Å²) < 4.78 is 51.3. The number of ether oxygens (including phenoxy) is 3. The van der Waals surface area contributed by atoms with Gasteiger partial charge < -0.3 is 23.7 Å². The number of para-hydroxylation sites is 1. The lowest BCUT2D eigenvalue weighted by molar-refractivity contribution is -0.149. The molecule has 2 bridgehead atoms. The second kappa shape index (κ2) is 12.0. The van der Waals surface area contributed by atoms with Gasteiger partial charge >= 0.3 is 17.9 Å². The zero-order valence-corrected chi connectivity index (χ0v) is 20.4. The van der Waals surface area contributed by atoms with Gasteiger partial charge in [0.25, 0.3) is 10.1 Å². The van der Waals surface area contributed by atoms with Crippen LogP contribution < -0.4 is 4.74 Å². The van der Waals surface area contributed by atoms with Crippen LogP contribution in [0.3, 0.4) is 0 Å². The van der Waals surface area contributed by atoms with Crippen molar-refractivity contribution in [1.29, 1.82) is 0 Å². The van der Waals surface area contributed by atoms with Gasteiger partial charge in [0.15, 0.2) is 5.25 Å². The van der Waals surface area contributed by atoms with E-state index in [1.165, 1.54) is 38.1 Å². The molecule has 0 saturated carbocycles. The topological polar surface area (TPSA) is 167 Å². The highest BCUT2D eigenvalue weighted by molar-refractivity contribution is 7.86. The first-order valence-electron chi connectivity index (χ1n) is 10.1. The van der Waals surface area contributed by atoms with Gasteiger partial charge in [0.2, 0.25) is 6.29 Å². The number of hydrogen-bond donors (Lipinski definition) is 2. The van der Waals surface area contributed by atoms with Crippen LogP contribution in [0.1, 0.15) is 31.1 Å². The monoisotopic (exact) mass is 530 g/mol. The fourth-order valence-electron chi connectivity index (χ4n) is 2.53. The fraction of sp³-hybridized carbons (Fsp3) is 0.318. The summed E-state index contributed by atoms with van der Waals surface area (Å²) in [6.07, 6.45) is -2.35. The second-order valence-electron chi connectivity index (χ2n) is 7.42. The van der Waals surface area contributed by atoms with E-state index in [4.69, 9.17) is 20.8 Å². The third-order valence-corrected chi connectivity index (χ3v) is 5.71. The van der Waals surface area contributed by atoms with Gasteiger partial charge in [0.05, 0.1) is 10.9 Å². The average Bonchev–Trinajstić information content (AvgIpc) is 3.35. The Hall–Kier alpha value is -3.19. The third kappa shape index (κ3) is 8.21. The summed E-state index contributed by atoms with van der Waals surface area (Å²) in [5.41, 5.74) is 1.37. The van der Waals surface area contributed by atoms with Gasteiger partial charge in [0, 0.05) is 13.0 Å². The maximum atomic E-state index is 12.2. The maximum Gasteiger partial charge on any atom is 0.344 e. The van der Waals surface area contributed by atoms with Crippen LogP contribution in [0.5, 0.6) is 5.75 Å². The molecule has 0 aliphatic carbocycles. The van der Waals surface area contributed by atoms with Gasteiger partial charge in [-0.1, -0.05) is 37.6 Å². The standard InChI is InChI=1S/C16H20O10S.C6H3ClO/c1-9(2)14(18)24-8-13(27(21,22)23)16(20)26-15(19)11-6-4-5-7-12(11)25-10(3)17;7-5-3-4-1-2-6(5)8-4/h4-7,9,13,16,20H,8H2,1-3H3,(H,21,22,23);1-3H. The Morgan fingerprint density at radius 3 is 2.23 bits per heavy atom. The Bertz CT molecular complexity index is 1270. The minimum absolute atomic E-state index is 0.170. The number of esters is 3. The molecule has 3 rings (SSSR count). The van der Waals surface area contributed by atoms with Gasteiger partial charge in [-0.15, -0.1) is 0 Å². The summed E-state index contributed by atoms with van der Waals surface area (Å²) in [6.45, 7) is 3.16. The van der Waals surface area contributed by atoms with Gasteiger partial charge in [-0.3, -0.25) is 14.1 Å². The molecule has 190 valence electrons. The Labute approximate surface area is 205 Å². The van der Waals surface area contributed by atoms with Crippen molar-refractivity contribution in [3.63, 3.8) is 0 Å². The van der Waals surface area contributed by atoms with E-state index in [9.17, 15) is 32.5 Å². The molecule has 2 heterocycles. The number of rotatable bonds is 8. The lowest BCUT2D eigenvalue weighted by Crippen LogP contribution is -2.41. The fourth-order valence-corrected chi connectivity index (χ4v) is 3.33. The van der Waals surface area contributed by atoms with Crippen molar-refractivity contribution in [1.82, 2.24) is 0 Å². The number of halogens is 1. The predicted molar refractivity (Wildman–Crippen MR) is 123 cm³/mol. The number of benzene rings is 2. The first-order chi connectivity index (χ1) is 16.3. The van der Waals surface area contributed by atoms with Crippen LogP contribution in [0.15, 0.2) is 46.9 Å². The van der Waals surface area contributed by atoms with E-state index < -0.39 is 52.1 Å². The summed E-state index contributed by atoms with van der Waals surface area (Å²) >= 11 is 5.64. The molecular weight excluding hydrogens is 508 g/mol. The number of hydrogen-bond acceptors (Lipinski definition) is 10. The number of fused-ring (bicyclic) bond motifs is 2. The first kappa shape index (κ1) is 28.1. The molecule has 0 radical (unpaired) electrons. The summed E-state index contributed by atoms with van der Waals surface area (Å²) in [7, 11) is -4.93. The van der Waals surface area contributed by atoms with Crippen molar-refractivity contribution < 1.29 is 51.1 Å². The van der Waals surface area contributed by atoms with Crippen molar-refractivity contribution in [2.45, 2.75) is 32.3 Å². The number of aliphatic hydroxyl groups excluding tert-OH is 1. The second-order valence-corrected chi connectivity index (χ2v) is 9.46. The average molecular weight is 531 g/mol. The van der Waals surface area contributed by atoms with Gasteiger partial charge in [-0.25, -0.2) is 4.79 Å². The lowest BCUT2D eigenvalue weighted by atomic mass is 10.2. The predicted octanol–water partition coefficient (Wildman–Crippen LogP) is 3.07. The zero-order valence-electron chi connectivity index (χ0n) is 18.8. The summed E-state index contributed by atoms with van der Waals surface area (Å²) in [6, 6.07) is 10.9. The van der Waals surface area contributed by atoms with E-state index in [0.717, 1.165) is 18.1 Å². The molecule has 1 aromatic carbocycles. The van der Waals surface area contributed by atoms with Crippen LogP contribution in [0.25, 0.3) is 11.2 Å². The summed E-state index contributed by atoms with van der Waals surface area (Å²) in [5.74, 6) is -3.46. The molecule has 0 aliphatic heterocycles. The molecule has 2 aromatic heterocycles. The Kier molecular flexibility index (Phi) is 9.60. The van der Waals surface area contributed by atoms with Gasteiger partial charge in [-0.2, -0.15) is 8.42 Å². The first-order valence-corrected chi connectivity index (χ1v) is 11.9. The number of carbonyl (C=O) groups excluding carboxylic acids is 3. The third-order valence-electron chi connectivity index (χ3n) is 4.28. The number of carbonyl (C=O) groups is 3. The highest BCUT2D eigenvalue weighted by Crippen LogP contribution is 2.25. The molecule has 0 fully saturated rings. The molecule has 2 N–H and O–H groups in total. The van der Waals surface area contributed by atoms with E-state index in [1.54, 1.807) is 6.07 Å². The molecule has 3 aromatic rings. The van der Waals surface area contributed by atoms with E-state index >= 15 is 0 Å². The molecule has 2 atom stereocenters. The summed E-state index contributed by atoms with van der Waals surface area (Å²) in [5, 5.41) is 8.51. The van der Waals surface area contributed by atoms with Crippen LogP contribution in [0.4, 0.5) is 0 Å². The van der Waals surface area contributed by atoms with Gasteiger partial charge in [0.1, 0.15) is 29.1 Å². The molecule has 0 amide bonds. The van der Waals surface area contributed by atoms with Crippen molar-refractivity contribution in [2.24, 2.45) is 5.92 Å². The van der Waals surface area contributed by atoms with Crippen LogP contribution in [0, 0.1) is 5.92 Å². The lowest BCUT2D eigenvalue weighted by Gasteiger charge is -2.21. The minimum Gasteiger partial charge on any atom is -0.464 e. The maximum absolute atomic E-state index is 12.2. The van der Waals surface area contributed by atoms with Crippen LogP contribution in [-0.4, -0.2) is 54.1 Å². The Morgan fingerprint density at radius 2 is 1.77 bits per heavy atom. The number of aliphatic hydroxyl groups is 1. The molecule has 0 saturated heterocycles. The molecule has 35 heavy (non-hydrogen) atoms. The minimum atomic E-state index is -4.93. The molecule has 0 spiro atoms. The highest BCUT2D eigenvalue weighted by Gasteiger charge is 2.36. The molecular formula is C22H23ClO11S. The van der Waals surface area contributed by atoms with E-state index in [-0.39, 0.29) is 11.3 Å². The SMILES string of the molecule is CC(=O)Oc1ccccc1C(=O)OC(O)C(COC(=O)C(C)C)S(=O)(=O)O.Clc1cc2ccc1o2. The molecule has 11 nitrogen and oxygen atoms in total. The van der Waals surface area contributed by atoms with E-state index in [2.05, 4.69) is 9.47 Å². The highest BCUT2D eigenvalue weighted by atomic mass is 35.5. The largest absolute Gasteiger partial charge is 0.464 e. The van der Waals surface area contributed by atoms with Crippen molar-refractivity contribution in [3.05, 3.63) is 53.1 Å². The van der Waals surface area contributed by atoms with Crippen molar-refractivity contribution in [2.75, 3.05) is 6.61 Å². The molecule has 13 heteroatoms. The Morgan fingerprint density at radius 1 is 1.11 bits per heavy atom. The molecule has 0 aliphatic rings.